The molecule has 1 saturated carbocycles. The highest BCUT2D eigenvalue weighted by Crippen LogP contribution is 2.30. The smallest absolute Gasteiger partial charge is 0.416 e. The second kappa shape index (κ2) is 7.86. The first-order valence-corrected chi connectivity index (χ1v) is 8.08. The number of benzene rings is 1. The lowest BCUT2D eigenvalue weighted by molar-refractivity contribution is -0.145. The highest BCUT2D eigenvalue weighted by Gasteiger charge is 2.33. The van der Waals surface area contributed by atoms with Crippen LogP contribution in [0.3, 0.4) is 0 Å². The number of carbonyl (C=O) groups excluding carboxylic acids is 1. The summed E-state index contributed by atoms with van der Waals surface area (Å²) >= 11 is 0. The van der Waals surface area contributed by atoms with Crippen molar-refractivity contribution in [1.29, 1.82) is 0 Å². The number of alkyl halides is 3. The Hall–Kier alpha value is -2.09. The molecule has 0 aromatic heterocycles. The van der Waals surface area contributed by atoms with E-state index >= 15 is 0 Å². The van der Waals surface area contributed by atoms with Crippen molar-refractivity contribution in [3.05, 3.63) is 35.4 Å². The summed E-state index contributed by atoms with van der Waals surface area (Å²) in [6.07, 6.45) is -2.11. The lowest BCUT2D eigenvalue weighted by atomic mass is 9.83. The normalized spacial score (nSPS) is 18.4. The predicted octanol–water partition coefficient (Wildman–Crippen LogP) is 2.89. The molecular formula is C17H20F3NO4. The van der Waals surface area contributed by atoms with Crippen LogP contribution in [-0.4, -0.2) is 28.1 Å². The van der Waals surface area contributed by atoms with E-state index in [1.54, 1.807) is 0 Å². The van der Waals surface area contributed by atoms with Crippen LogP contribution in [0.1, 0.15) is 49.3 Å². The number of aliphatic hydroxyl groups excluding tert-OH is 1. The van der Waals surface area contributed by atoms with Gasteiger partial charge in [-0.3, -0.25) is 4.79 Å². The molecule has 0 radical (unpaired) electrons. The molecule has 1 aromatic carbocycles. The van der Waals surface area contributed by atoms with E-state index in [-0.39, 0.29) is 11.5 Å². The SMILES string of the molecule is O=C(N[C@@H](C(=O)O)C1CCCCC1)[C@@H](O)c1ccc(C(F)(F)F)cc1. The Bertz CT molecular complexity index is 609. The lowest BCUT2D eigenvalue weighted by Crippen LogP contribution is -2.48. The molecule has 8 heteroatoms. The van der Waals surface area contributed by atoms with Crippen molar-refractivity contribution in [2.45, 2.75) is 50.4 Å². The van der Waals surface area contributed by atoms with E-state index in [1.807, 2.05) is 0 Å². The van der Waals surface area contributed by atoms with E-state index in [9.17, 15) is 33.0 Å². The molecule has 5 nitrogen and oxygen atoms in total. The molecule has 2 atom stereocenters. The van der Waals surface area contributed by atoms with Gasteiger partial charge in [-0.05, 0) is 36.5 Å². The Morgan fingerprint density at radius 1 is 1.08 bits per heavy atom. The van der Waals surface area contributed by atoms with Gasteiger partial charge in [0, 0.05) is 0 Å². The summed E-state index contributed by atoms with van der Waals surface area (Å²) in [4.78, 5) is 23.6. The van der Waals surface area contributed by atoms with Crippen LogP contribution in [-0.2, 0) is 15.8 Å². The Balaban J connectivity index is 2.06. The third-order valence-corrected chi connectivity index (χ3v) is 4.49. The van der Waals surface area contributed by atoms with Gasteiger partial charge in [-0.2, -0.15) is 13.2 Å². The van der Waals surface area contributed by atoms with Gasteiger partial charge in [0.1, 0.15) is 6.04 Å². The molecule has 2 rings (SSSR count). The highest BCUT2D eigenvalue weighted by atomic mass is 19.4. The van der Waals surface area contributed by atoms with Crippen LogP contribution >= 0.6 is 0 Å². The van der Waals surface area contributed by atoms with Crippen molar-refractivity contribution in [1.82, 2.24) is 5.32 Å². The van der Waals surface area contributed by atoms with Crippen LogP contribution in [0, 0.1) is 5.92 Å². The minimum Gasteiger partial charge on any atom is -0.480 e. The largest absolute Gasteiger partial charge is 0.480 e. The van der Waals surface area contributed by atoms with Crippen molar-refractivity contribution >= 4 is 11.9 Å². The van der Waals surface area contributed by atoms with Gasteiger partial charge in [-0.25, -0.2) is 4.79 Å². The number of carbonyl (C=O) groups is 2. The van der Waals surface area contributed by atoms with Gasteiger partial charge in [0.05, 0.1) is 5.56 Å². The number of hydrogen-bond acceptors (Lipinski definition) is 3. The van der Waals surface area contributed by atoms with E-state index < -0.39 is 35.8 Å². The zero-order valence-electron chi connectivity index (χ0n) is 13.4. The van der Waals surface area contributed by atoms with Gasteiger partial charge < -0.3 is 15.5 Å². The molecule has 0 bridgehead atoms. The molecular weight excluding hydrogens is 339 g/mol. The molecule has 1 aliphatic rings. The molecule has 1 aromatic rings. The van der Waals surface area contributed by atoms with E-state index in [0.29, 0.717) is 12.8 Å². The third-order valence-electron chi connectivity index (χ3n) is 4.49. The predicted molar refractivity (Wildman–Crippen MR) is 82.5 cm³/mol. The van der Waals surface area contributed by atoms with Crippen LogP contribution in [0.2, 0.25) is 0 Å². The number of amides is 1. The van der Waals surface area contributed by atoms with E-state index in [1.165, 1.54) is 0 Å². The van der Waals surface area contributed by atoms with E-state index in [0.717, 1.165) is 43.5 Å². The number of aliphatic carboxylic acids is 1. The standard InChI is InChI=1S/C17H20F3NO4/c18-17(19,20)12-8-6-11(7-9-12)14(22)15(23)21-13(16(24)25)10-4-2-1-3-5-10/h6-10,13-14,22H,1-5H2,(H,21,23)(H,24,25)/t13-,14+/m1/s1. The average molecular weight is 359 g/mol. The first-order chi connectivity index (χ1) is 11.7. The number of nitrogens with one attached hydrogen (secondary N) is 1. The van der Waals surface area contributed by atoms with Gasteiger partial charge in [-0.1, -0.05) is 31.4 Å². The quantitative estimate of drug-likeness (QED) is 0.754. The molecule has 25 heavy (non-hydrogen) atoms. The summed E-state index contributed by atoms with van der Waals surface area (Å²) in [5.41, 5.74) is -0.923. The number of hydrogen-bond donors (Lipinski definition) is 3. The summed E-state index contributed by atoms with van der Waals surface area (Å²) in [5, 5.41) is 21.7. The lowest BCUT2D eigenvalue weighted by Gasteiger charge is -2.28. The summed E-state index contributed by atoms with van der Waals surface area (Å²) in [7, 11) is 0. The molecule has 1 fully saturated rings. The van der Waals surface area contributed by atoms with Gasteiger partial charge in [0.2, 0.25) is 0 Å². The Morgan fingerprint density at radius 2 is 1.64 bits per heavy atom. The molecule has 0 heterocycles. The zero-order chi connectivity index (χ0) is 18.6. The fourth-order valence-electron chi connectivity index (χ4n) is 3.09. The second-order valence-electron chi connectivity index (χ2n) is 6.24. The summed E-state index contributed by atoms with van der Waals surface area (Å²) < 4.78 is 37.6. The second-order valence-corrected chi connectivity index (χ2v) is 6.24. The van der Waals surface area contributed by atoms with Crippen LogP contribution < -0.4 is 5.32 Å². The van der Waals surface area contributed by atoms with Crippen LogP contribution in [0.5, 0.6) is 0 Å². The summed E-state index contributed by atoms with van der Waals surface area (Å²) in [5.74, 6) is -2.33. The van der Waals surface area contributed by atoms with Gasteiger partial charge in [0.15, 0.2) is 6.10 Å². The average Bonchev–Trinajstić information content (AvgIpc) is 2.58. The minimum atomic E-state index is -4.51. The number of rotatable bonds is 5. The van der Waals surface area contributed by atoms with Gasteiger partial charge >= 0.3 is 12.1 Å². The number of halogens is 3. The highest BCUT2D eigenvalue weighted by molar-refractivity contribution is 5.87. The van der Waals surface area contributed by atoms with Crippen molar-refractivity contribution in [3.63, 3.8) is 0 Å². The van der Waals surface area contributed by atoms with Crippen LogP contribution in [0.4, 0.5) is 13.2 Å². The molecule has 1 aliphatic carbocycles. The van der Waals surface area contributed by atoms with Crippen molar-refractivity contribution < 1.29 is 33.0 Å². The Labute approximate surface area is 142 Å². The number of carboxylic acids is 1. The Morgan fingerprint density at radius 3 is 2.12 bits per heavy atom. The maximum atomic E-state index is 12.5. The van der Waals surface area contributed by atoms with Crippen molar-refractivity contribution in [2.75, 3.05) is 0 Å². The fourth-order valence-corrected chi connectivity index (χ4v) is 3.09. The first-order valence-electron chi connectivity index (χ1n) is 8.08. The summed E-state index contributed by atoms with van der Waals surface area (Å²) in [6, 6.07) is 2.42. The van der Waals surface area contributed by atoms with Crippen LogP contribution in [0.15, 0.2) is 24.3 Å². The van der Waals surface area contributed by atoms with Gasteiger partial charge in [-0.15, -0.1) is 0 Å². The third kappa shape index (κ3) is 4.94. The monoisotopic (exact) mass is 359 g/mol. The van der Waals surface area contributed by atoms with Crippen LogP contribution in [0.25, 0.3) is 0 Å². The first kappa shape index (κ1) is 19.2. The Kier molecular flexibility index (Phi) is 6.05. The molecule has 1 amide bonds. The maximum Gasteiger partial charge on any atom is 0.416 e. The topological polar surface area (TPSA) is 86.6 Å². The number of aliphatic hydroxyl groups is 1. The number of carboxylic acid groups (broad SMARTS) is 1. The minimum absolute atomic E-state index is 0.0294. The molecule has 3 N–H and O–H groups in total. The van der Waals surface area contributed by atoms with E-state index in [2.05, 4.69) is 5.32 Å². The van der Waals surface area contributed by atoms with Crippen molar-refractivity contribution in [2.24, 2.45) is 5.92 Å². The maximum absolute atomic E-state index is 12.5. The summed E-state index contributed by atoms with van der Waals surface area (Å²) in [6.45, 7) is 0. The molecule has 0 aliphatic heterocycles. The zero-order valence-corrected chi connectivity index (χ0v) is 13.4. The molecule has 0 spiro atoms. The fraction of sp³-hybridized carbons (Fsp3) is 0.529. The van der Waals surface area contributed by atoms with Gasteiger partial charge in [0.25, 0.3) is 5.91 Å². The van der Waals surface area contributed by atoms with Crippen molar-refractivity contribution in [3.8, 4) is 0 Å². The molecule has 0 unspecified atom stereocenters. The van der Waals surface area contributed by atoms with E-state index in [4.69, 9.17) is 0 Å². The molecule has 0 saturated heterocycles. The molecule has 138 valence electrons.